The number of nitrogens with zero attached hydrogens (tertiary/aromatic N) is 2. The summed E-state index contributed by atoms with van der Waals surface area (Å²) in [7, 11) is 0. The van der Waals surface area contributed by atoms with Crippen molar-refractivity contribution >= 4 is 17.9 Å². The van der Waals surface area contributed by atoms with Gasteiger partial charge in [0, 0.05) is 30.4 Å². The molecule has 3 rings (SSSR count). The summed E-state index contributed by atoms with van der Waals surface area (Å²) in [5.74, 6) is -1.16. The number of hydrogen-bond donors (Lipinski definition) is 3. The van der Waals surface area contributed by atoms with Crippen LogP contribution >= 0.6 is 0 Å². The van der Waals surface area contributed by atoms with E-state index in [0.717, 1.165) is 5.56 Å². The van der Waals surface area contributed by atoms with E-state index in [0.29, 0.717) is 18.4 Å². The van der Waals surface area contributed by atoms with Crippen molar-refractivity contribution in [2.24, 2.45) is 5.92 Å². The van der Waals surface area contributed by atoms with Gasteiger partial charge in [-0.25, -0.2) is 4.79 Å². The number of piperidine rings is 1. The molecular weight excluding hydrogens is 348 g/mol. The number of carbonyl (C=O) groups excluding carboxylic acids is 2. The maximum atomic E-state index is 12.5. The van der Waals surface area contributed by atoms with Gasteiger partial charge in [-0.1, -0.05) is 24.3 Å². The molecule has 0 radical (unpaired) electrons. The fourth-order valence-corrected chi connectivity index (χ4v) is 3.20. The zero-order valence-electron chi connectivity index (χ0n) is 14.5. The van der Waals surface area contributed by atoms with Gasteiger partial charge in [-0.3, -0.25) is 25.4 Å². The van der Waals surface area contributed by atoms with Crippen LogP contribution in [0.2, 0.25) is 0 Å². The minimum atomic E-state index is -1.03. The van der Waals surface area contributed by atoms with E-state index in [4.69, 9.17) is 0 Å². The van der Waals surface area contributed by atoms with Crippen LogP contribution in [-0.4, -0.2) is 39.4 Å². The van der Waals surface area contributed by atoms with Crippen molar-refractivity contribution < 1.29 is 19.5 Å². The molecule has 0 spiro atoms. The van der Waals surface area contributed by atoms with Gasteiger partial charge in [-0.05, 0) is 36.6 Å². The highest BCUT2D eigenvalue weighted by molar-refractivity contribution is 5.95. The number of amides is 3. The minimum absolute atomic E-state index is 0.236. The Balaban J connectivity index is 1.64. The molecule has 0 aliphatic carbocycles. The molecular formula is C19H20N4O4. The molecule has 0 saturated carbocycles. The normalized spacial score (nSPS) is 19.2. The average molecular weight is 368 g/mol. The van der Waals surface area contributed by atoms with E-state index < -0.39 is 24.0 Å². The standard InChI is InChI=1S/C19H20N4O4/c24-17(13-5-2-1-3-6-13)21-22-18(25)14-8-10-23(19(26)27)16(11-14)15-7-4-9-20-12-15/h1-7,9,12,14,16H,8,10-11H2,(H,21,24)(H,22,25)(H,26,27)/t14-,16+/m1/s1. The minimum Gasteiger partial charge on any atom is -0.465 e. The highest BCUT2D eigenvalue weighted by atomic mass is 16.4. The SMILES string of the molecule is O=C(NNC(=O)[C@@H]1CCN(C(=O)O)[C@H](c2cccnc2)C1)c1ccccc1. The Hall–Kier alpha value is -3.42. The van der Waals surface area contributed by atoms with Crippen LogP contribution in [-0.2, 0) is 4.79 Å². The van der Waals surface area contributed by atoms with E-state index in [-0.39, 0.29) is 12.5 Å². The molecule has 0 unspecified atom stereocenters. The number of aromatic nitrogens is 1. The third kappa shape index (κ3) is 4.41. The lowest BCUT2D eigenvalue weighted by Gasteiger charge is -2.37. The number of pyridine rings is 1. The van der Waals surface area contributed by atoms with E-state index in [1.54, 1.807) is 54.9 Å². The molecule has 140 valence electrons. The summed E-state index contributed by atoms with van der Waals surface area (Å²) in [4.78, 5) is 41.4. The summed E-state index contributed by atoms with van der Waals surface area (Å²) in [5, 5.41) is 9.45. The van der Waals surface area contributed by atoms with Crippen LogP contribution in [0.3, 0.4) is 0 Å². The largest absolute Gasteiger partial charge is 0.465 e. The molecule has 1 aromatic carbocycles. The quantitative estimate of drug-likeness (QED) is 0.717. The van der Waals surface area contributed by atoms with E-state index in [2.05, 4.69) is 15.8 Å². The number of hydrogen-bond acceptors (Lipinski definition) is 4. The number of benzene rings is 1. The van der Waals surface area contributed by atoms with Crippen LogP contribution in [0.5, 0.6) is 0 Å². The van der Waals surface area contributed by atoms with Crippen molar-refractivity contribution in [2.45, 2.75) is 18.9 Å². The average Bonchev–Trinajstić information content (AvgIpc) is 2.72. The molecule has 8 heteroatoms. The summed E-state index contributed by atoms with van der Waals surface area (Å²) < 4.78 is 0. The topological polar surface area (TPSA) is 112 Å². The van der Waals surface area contributed by atoms with Gasteiger partial charge in [-0.2, -0.15) is 0 Å². The lowest BCUT2D eigenvalue weighted by molar-refractivity contribution is -0.127. The molecule has 2 atom stereocenters. The van der Waals surface area contributed by atoms with Gasteiger partial charge in [-0.15, -0.1) is 0 Å². The van der Waals surface area contributed by atoms with E-state index in [1.807, 2.05) is 0 Å². The third-order valence-corrected chi connectivity index (χ3v) is 4.62. The van der Waals surface area contributed by atoms with Crippen molar-refractivity contribution in [1.29, 1.82) is 0 Å². The number of carbonyl (C=O) groups is 3. The predicted octanol–water partition coefficient (Wildman–Crippen LogP) is 1.97. The number of nitrogens with one attached hydrogen (secondary N) is 2. The van der Waals surface area contributed by atoms with Crippen molar-refractivity contribution in [3.05, 3.63) is 66.0 Å². The second-order valence-electron chi connectivity index (χ2n) is 6.31. The van der Waals surface area contributed by atoms with Gasteiger partial charge in [0.05, 0.1) is 6.04 Å². The van der Waals surface area contributed by atoms with Crippen molar-refractivity contribution in [2.75, 3.05) is 6.54 Å². The molecule has 8 nitrogen and oxygen atoms in total. The first-order chi connectivity index (χ1) is 13.1. The summed E-state index contributed by atoms with van der Waals surface area (Å²) in [5.41, 5.74) is 6.03. The number of likely N-dealkylation sites (tertiary alicyclic amines) is 1. The summed E-state index contributed by atoms with van der Waals surface area (Å²) in [6.45, 7) is 0.236. The Bertz CT molecular complexity index is 813. The van der Waals surface area contributed by atoms with Gasteiger partial charge in [0.2, 0.25) is 5.91 Å². The van der Waals surface area contributed by atoms with Crippen molar-refractivity contribution in [1.82, 2.24) is 20.7 Å². The Morgan fingerprint density at radius 1 is 1.07 bits per heavy atom. The Labute approximate surface area is 156 Å². The zero-order chi connectivity index (χ0) is 19.2. The summed E-state index contributed by atoms with van der Waals surface area (Å²) in [6.07, 6.45) is 2.90. The smallest absolute Gasteiger partial charge is 0.407 e. The molecule has 3 N–H and O–H groups in total. The molecule has 1 fully saturated rings. The first-order valence-electron chi connectivity index (χ1n) is 8.61. The van der Waals surface area contributed by atoms with E-state index in [9.17, 15) is 19.5 Å². The lowest BCUT2D eigenvalue weighted by Crippen LogP contribution is -2.48. The second-order valence-corrected chi connectivity index (χ2v) is 6.31. The molecule has 3 amide bonds. The van der Waals surface area contributed by atoms with Crippen LogP contribution in [0.4, 0.5) is 4.79 Å². The van der Waals surface area contributed by atoms with Gasteiger partial charge < -0.3 is 10.0 Å². The molecule has 1 aliphatic rings. The number of rotatable bonds is 3. The second kappa shape index (κ2) is 8.31. The third-order valence-electron chi connectivity index (χ3n) is 4.62. The van der Waals surface area contributed by atoms with Crippen LogP contribution < -0.4 is 10.9 Å². The van der Waals surface area contributed by atoms with Gasteiger partial charge in [0.15, 0.2) is 0 Å². The highest BCUT2D eigenvalue weighted by Crippen LogP contribution is 2.34. The summed E-state index contributed by atoms with van der Waals surface area (Å²) >= 11 is 0. The van der Waals surface area contributed by atoms with Crippen molar-refractivity contribution in [3.63, 3.8) is 0 Å². The molecule has 1 saturated heterocycles. The monoisotopic (exact) mass is 368 g/mol. The fraction of sp³-hybridized carbons (Fsp3) is 0.263. The molecule has 27 heavy (non-hydrogen) atoms. The van der Waals surface area contributed by atoms with Crippen LogP contribution in [0.1, 0.15) is 34.8 Å². The van der Waals surface area contributed by atoms with Gasteiger partial charge in [0.25, 0.3) is 5.91 Å². The fourth-order valence-electron chi connectivity index (χ4n) is 3.20. The first kappa shape index (κ1) is 18.4. The van der Waals surface area contributed by atoms with Crippen LogP contribution in [0, 0.1) is 5.92 Å². The molecule has 2 aromatic rings. The van der Waals surface area contributed by atoms with Gasteiger partial charge >= 0.3 is 6.09 Å². The maximum Gasteiger partial charge on any atom is 0.407 e. The summed E-state index contributed by atoms with van der Waals surface area (Å²) in [6, 6.07) is 11.6. The molecule has 2 heterocycles. The van der Waals surface area contributed by atoms with E-state index in [1.165, 1.54) is 4.90 Å². The first-order valence-corrected chi connectivity index (χ1v) is 8.61. The Kier molecular flexibility index (Phi) is 5.65. The number of carboxylic acid groups (broad SMARTS) is 1. The molecule has 1 aliphatic heterocycles. The Morgan fingerprint density at radius 2 is 1.85 bits per heavy atom. The molecule has 0 bridgehead atoms. The predicted molar refractivity (Wildman–Crippen MR) is 96.5 cm³/mol. The maximum absolute atomic E-state index is 12.5. The van der Waals surface area contributed by atoms with Gasteiger partial charge in [0.1, 0.15) is 0 Å². The lowest BCUT2D eigenvalue weighted by atomic mass is 9.87. The zero-order valence-corrected chi connectivity index (χ0v) is 14.5. The number of hydrazine groups is 1. The van der Waals surface area contributed by atoms with Crippen molar-refractivity contribution in [3.8, 4) is 0 Å². The molecule has 1 aromatic heterocycles. The van der Waals surface area contributed by atoms with E-state index >= 15 is 0 Å². The highest BCUT2D eigenvalue weighted by Gasteiger charge is 2.35. The Morgan fingerprint density at radius 3 is 2.52 bits per heavy atom. The van der Waals surface area contributed by atoms with Crippen LogP contribution in [0.25, 0.3) is 0 Å². The van der Waals surface area contributed by atoms with Crippen LogP contribution in [0.15, 0.2) is 54.9 Å².